The number of rotatable bonds is 12. The largest absolute Gasteiger partial charge is 0.481 e. The van der Waals surface area contributed by atoms with Crippen LogP contribution >= 0.6 is 11.3 Å². The molecule has 5 nitrogen and oxygen atoms in total. The molecule has 1 amide bonds. The predicted molar refractivity (Wildman–Crippen MR) is 137 cm³/mol. The van der Waals surface area contributed by atoms with Crippen molar-refractivity contribution in [1.82, 2.24) is 5.32 Å². The van der Waals surface area contributed by atoms with Crippen LogP contribution in [-0.4, -0.2) is 23.5 Å². The molecule has 1 heterocycles. The fourth-order valence-electron chi connectivity index (χ4n) is 4.50. The summed E-state index contributed by atoms with van der Waals surface area (Å²) >= 11 is 1.85. The van der Waals surface area contributed by atoms with Crippen LogP contribution in [0.1, 0.15) is 72.8 Å². The summed E-state index contributed by atoms with van der Waals surface area (Å²) in [5.74, 6) is -0.671. The summed E-state index contributed by atoms with van der Waals surface area (Å²) in [7, 11) is 0. The maximum Gasteiger partial charge on any atom is 0.305 e. The zero-order chi connectivity index (χ0) is 23.8. The number of carboxylic acid groups (broad SMARTS) is 1. The molecule has 0 saturated carbocycles. The van der Waals surface area contributed by atoms with E-state index in [4.69, 9.17) is 5.11 Å². The SMILES string of the molecule is CCCC(CCC)C(Nc1ccc(C(=O)NCCC(=O)O)cc1)c1c(C)sc2ccccc12. The van der Waals surface area contributed by atoms with Crippen LogP contribution in [0.2, 0.25) is 0 Å². The molecule has 0 aliphatic rings. The first kappa shape index (κ1) is 24.8. The molecule has 1 unspecified atom stereocenters. The Kier molecular flexibility index (Phi) is 8.89. The molecule has 0 saturated heterocycles. The Morgan fingerprint density at radius 3 is 2.30 bits per heavy atom. The molecule has 3 rings (SSSR count). The Bertz CT molecular complexity index is 1070. The van der Waals surface area contributed by atoms with Gasteiger partial charge in [-0.2, -0.15) is 0 Å². The lowest BCUT2D eigenvalue weighted by molar-refractivity contribution is -0.136. The highest BCUT2D eigenvalue weighted by atomic mass is 32.1. The Morgan fingerprint density at radius 1 is 1.00 bits per heavy atom. The van der Waals surface area contributed by atoms with Crippen molar-refractivity contribution in [3.05, 3.63) is 64.5 Å². The van der Waals surface area contributed by atoms with Crippen molar-refractivity contribution >= 4 is 39.0 Å². The first-order valence-electron chi connectivity index (χ1n) is 11.8. The molecule has 0 aliphatic carbocycles. The molecule has 33 heavy (non-hydrogen) atoms. The zero-order valence-electron chi connectivity index (χ0n) is 19.7. The van der Waals surface area contributed by atoms with E-state index >= 15 is 0 Å². The summed E-state index contributed by atoms with van der Waals surface area (Å²) in [6, 6.07) is 16.3. The van der Waals surface area contributed by atoms with E-state index in [2.05, 4.69) is 55.7 Å². The quantitative estimate of drug-likeness (QED) is 0.275. The van der Waals surface area contributed by atoms with Gasteiger partial charge in [0.25, 0.3) is 5.91 Å². The predicted octanol–water partition coefficient (Wildman–Crippen LogP) is 6.78. The third-order valence-electron chi connectivity index (χ3n) is 6.01. The van der Waals surface area contributed by atoms with Gasteiger partial charge in [-0.15, -0.1) is 11.3 Å². The highest BCUT2D eigenvalue weighted by Gasteiger charge is 2.26. The lowest BCUT2D eigenvalue weighted by Gasteiger charge is -2.30. The minimum absolute atomic E-state index is 0.0861. The van der Waals surface area contributed by atoms with Crippen LogP contribution in [0.4, 0.5) is 5.69 Å². The van der Waals surface area contributed by atoms with Crippen LogP contribution < -0.4 is 10.6 Å². The van der Waals surface area contributed by atoms with Gasteiger partial charge in [-0.05, 0) is 67.0 Å². The Morgan fingerprint density at radius 2 is 1.67 bits per heavy atom. The first-order chi connectivity index (χ1) is 15.9. The second kappa shape index (κ2) is 11.8. The molecular formula is C27H34N2O3S. The number of aryl methyl sites for hydroxylation is 1. The summed E-state index contributed by atoms with van der Waals surface area (Å²) in [6.07, 6.45) is 4.49. The molecule has 3 aromatic rings. The normalized spacial score (nSPS) is 12.1. The lowest BCUT2D eigenvalue weighted by atomic mass is 9.84. The highest BCUT2D eigenvalue weighted by molar-refractivity contribution is 7.19. The maximum absolute atomic E-state index is 12.3. The standard InChI is InChI=1S/C27H34N2O3S/c1-4-8-19(9-5-2)26(25-18(3)33-23-11-7-6-10-22(23)25)29-21-14-12-20(13-15-21)27(32)28-17-16-24(30)31/h6-7,10-15,19,26,29H,4-5,8-9,16-17H2,1-3H3,(H,28,32)(H,30,31). The average molecular weight is 467 g/mol. The fraction of sp³-hybridized carbons (Fsp3) is 0.407. The molecule has 0 bridgehead atoms. The molecule has 0 radical (unpaired) electrons. The van der Waals surface area contributed by atoms with E-state index in [9.17, 15) is 9.59 Å². The summed E-state index contributed by atoms with van der Waals surface area (Å²) in [6.45, 7) is 6.83. The average Bonchev–Trinajstić information content (AvgIpc) is 3.13. The third-order valence-corrected chi connectivity index (χ3v) is 7.12. The molecule has 0 spiro atoms. The topological polar surface area (TPSA) is 78.4 Å². The van der Waals surface area contributed by atoms with Crippen molar-refractivity contribution in [3.63, 3.8) is 0 Å². The van der Waals surface area contributed by atoms with Gasteiger partial charge in [-0.3, -0.25) is 9.59 Å². The number of carboxylic acids is 1. The summed E-state index contributed by atoms with van der Waals surface area (Å²) in [5.41, 5.74) is 2.89. The van der Waals surface area contributed by atoms with Crippen LogP contribution in [0.15, 0.2) is 48.5 Å². The number of carbonyl (C=O) groups excluding carboxylic acids is 1. The van der Waals surface area contributed by atoms with Crippen molar-refractivity contribution in [2.45, 2.75) is 58.9 Å². The van der Waals surface area contributed by atoms with Crippen LogP contribution in [0.25, 0.3) is 10.1 Å². The van der Waals surface area contributed by atoms with Gasteiger partial charge in [0.1, 0.15) is 0 Å². The van der Waals surface area contributed by atoms with Gasteiger partial charge < -0.3 is 15.7 Å². The number of hydrogen-bond acceptors (Lipinski definition) is 4. The van der Waals surface area contributed by atoms with Crippen molar-refractivity contribution in [3.8, 4) is 0 Å². The Labute approximate surface area is 200 Å². The molecule has 1 atom stereocenters. The Hall–Kier alpha value is -2.86. The summed E-state index contributed by atoms with van der Waals surface area (Å²) < 4.78 is 1.32. The number of nitrogens with one attached hydrogen (secondary N) is 2. The van der Waals surface area contributed by atoms with Gasteiger partial charge in [0.2, 0.25) is 0 Å². The van der Waals surface area contributed by atoms with Crippen molar-refractivity contribution in [2.24, 2.45) is 5.92 Å². The van der Waals surface area contributed by atoms with Crippen LogP contribution in [-0.2, 0) is 4.79 Å². The minimum atomic E-state index is -0.925. The highest BCUT2D eigenvalue weighted by Crippen LogP contribution is 2.41. The molecular weight excluding hydrogens is 432 g/mol. The number of benzene rings is 2. The fourth-order valence-corrected chi connectivity index (χ4v) is 5.61. The zero-order valence-corrected chi connectivity index (χ0v) is 20.5. The lowest BCUT2D eigenvalue weighted by Crippen LogP contribution is -2.26. The summed E-state index contributed by atoms with van der Waals surface area (Å²) in [4.78, 5) is 24.3. The molecule has 0 aliphatic heterocycles. The number of amides is 1. The van der Waals surface area contributed by atoms with Gasteiger partial charge in [0, 0.05) is 27.4 Å². The van der Waals surface area contributed by atoms with Gasteiger partial charge in [0.15, 0.2) is 0 Å². The number of aliphatic carboxylic acids is 1. The third kappa shape index (κ3) is 6.35. The van der Waals surface area contributed by atoms with Gasteiger partial charge in [0.05, 0.1) is 12.5 Å². The monoisotopic (exact) mass is 466 g/mol. The summed E-state index contributed by atoms with van der Waals surface area (Å²) in [5, 5.41) is 16.5. The molecule has 1 aromatic heterocycles. The smallest absolute Gasteiger partial charge is 0.305 e. The maximum atomic E-state index is 12.3. The van der Waals surface area contributed by atoms with E-state index in [1.807, 2.05) is 23.5 Å². The number of anilines is 1. The number of fused-ring (bicyclic) bond motifs is 1. The van der Waals surface area contributed by atoms with E-state index in [0.717, 1.165) is 31.4 Å². The molecule has 176 valence electrons. The van der Waals surface area contributed by atoms with Crippen LogP contribution in [0, 0.1) is 12.8 Å². The molecule has 3 N–H and O–H groups in total. The second-order valence-electron chi connectivity index (χ2n) is 8.50. The first-order valence-corrected chi connectivity index (χ1v) is 12.6. The van der Waals surface area contributed by atoms with Crippen LogP contribution in [0.3, 0.4) is 0 Å². The Balaban J connectivity index is 1.87. The minimum Gasteiger partial charge on any atom is -0.481 e. The van der Waals surface area contributed by atoms with E-state index in [1.165, 1.54) is 20.5 Å². The van der Waals surface area contributed by atoms with E-state index < -0.39 is 5.97 Å². The van der Waals surface area contributed by atoms with E-state index in [-0.39, 0.29) is 24.9 Å². The van der Waals surface area contributed by atoms with Gasteiger partial charge >= 0.3 is 5.97 Å². The molecule has 2 aromatic carbocycles. The van der Waals surface area contributed by atoms with Gasteiger partial charge in [-0.1, -0.05) is 44.9 Å². The van der Waals surface area contributed by atoms with Crippen molar-refractivity contribution in [2.75, 3.05) is 11.9 Å². The molecule has 0 fully saturated rings. The van der Waals surface area contributed by atoms with Crippen molar-refractivity contribution in [1.29, 1.82) is 0 Å². The number of hydrogen-bond donors (Lipinski definition) is 3. The molecule has 6 heteroatoms. The van der Waals surface area contributed by atoms with E-state index in [1.54, 1.807) is 12.1 Å². The van der Waals surface area contributed by atoms with E-state index in [0.29, 0.717) is 11.5 Å². The number of carbonyl (C=O) groups is 2. The number of thiophene rings is 1. The van der Waals surface area contributed by atoms with Crippen LogP contribution in [0.5, 0.6) is 0 Å². The second-order valence-corrected chi connectivity index (χ2v) is 9.76. The van der Waals surface area contributed by atoms with Gasteiger partial charge in [-0.25, -0.2) is 0 Å². The van der Waals surface area contributed by atoms with Crippen molar-refractivity contribution < 1.29 is 14.7 Å².